The number of hydrogen-bond acceptors (Lipinski definition) is 7. The highest BCUT2D eigenvalue weighted by Crippen LogP contribution is 2.40. The highest BCUT2D eigenvalue weighted by atomic mass is 32.1. The van der Waals surface area contributed by atoms with Crippen LogP contribution in [0, 0.1) is 6.92 Å². The minimum atomic E-state index is 0.142. The van der Waals surface area contributed by atoms with Crippen LogP contribution in [-0.4, -0.2) is 33.4 Å². The van der Waals surface area contributed by atoms with Crippen molar-refractivity contribution in [2.24, 2.45) is 0 Å². The molecule has 5 rings (SSSR count). The second-order valence-corrected chi connectivity index (χ2v) is 7.80. The first-order chi connectivity index (χ1) is 13.7. The topological polar surface area (TPSA) is 71.4 Å². The summed E-state index contributed by atoms with van der Waals surface area (Å²) in [6.45, 7) is 3.64. The maximum atomic E-state index is 10.6. The van der Waals surface area contributed by atoms with Crippen LogP contribution < -0.4 is 9.64 Å². The Labute approximate surface area is 166 Å². The van der Waals surface area contributed by atoms with E-state index >= 15 is 0 Å². The van der Waals surface area contributed by atoms with Crippen LogP contribution in [0.4, 0.5) is 5.82 Å². The molecular formula is C21H18N4O2S. The Morgan fingerprint density at radius 2 is 2.00 bits per heavy atom. The van der Waals surface area contributed by atoms with Crippen molar-refractivity contribution in [2.45, 2.75) is 13.5 Å². The second kappa shape index (κ2) is 6.76. The lowest BCUT2D eigenvalue weighted by molar-refractivity contribution is 0.311. The van der Waals surface area contributed by atoms with Gasteiger partial charge in [-0.05, 0) is 43.3 Å². The predicted octanol–water partition coefficient (Wildman–Crippen LogP) is 4.17. The second-order valence-electron chi connectivity index (χ2n) is 6.77. The van der Waals surface area contributed by atoms with E-state index in [1.807, 2.05) is 43.3 Å². The number of rotatable bonds is 2. The van der Waals surface area contributed by atoms with E-state index in [4.69, 9.17) is 9.72 Å². The molecule has 2 aromatic heterocycles. The molecule has 0 fully saturated rings. The van der Waals surface area contributed by atoms with Gasteiger partial charge in [-0.15, -0.1) is 16.4 Å². The van der Waals surface area contributed by atoms with Crippen molar-refractivity contribution in [3.63, 3.8) is 0 Å². The predicted molar refractivity (Wildman–Crippen MR) is 110 cm³/mol. The number of hydrogen-bond donors (Lipinski definition) is 1. The van der Waals surface area contributed by atoms with E-state index in [0.717, 1.165) is 37.9 Å². The van der Waals surface area contributed by atoms with Crippen molar-refractivity contribution in [1.29, 1.82) is 0 Å². The third-order valence-electron chi connectivity index (χ3n) is 4.76. The minimum Gasteiger partial charge on any atom is -0.504 e. The van der Waals surface area contributed by atoms with Crippen LogP contribution in [0.1, 0.15) is 11.3 Å². The Balaban J connectivity index is 1.55. The summed E-state index contributed by atoms with van der Waals surface area (Å²) in [4.78, 5) is 6.82. The molecule has 0 aliphatic carbocycles. The molecule has 0 unspecified atom stereocenters. The first-order valence-corrected chi connectivity index (χ1v) is 9.89. The Morgan fingerprint density at radius 1 is 1.11 bits per heavy atom. The summed E-state index contributed by atoms with van der Waals surface area (Å²) >= 11 is 1.61. The molecule has 1 aliphatic heterocycles. The smallest absolute Gasteiger partial charge is 0.166 e. The zero-order chi connectivity index (χ0) is 19.1. The summed E-state index contributed by atoms with van der Waals surface area (Å²) < 4.78 is 6.97. The maximum Gasteiger partial charge on any atom is 0.166 e. The Kier molecular flexibility index (Phi) is 4.09. The first kappa shape index (κ1) is 16.9. The number of aromatic hydroxyl groups is 1. The van der Waals surface area contributed by atoms with Crippen molar-refractivity contribution in [2.75, 3.05) is 18.1 Å². The summed E-state index contributed by atoms with van der Waals surface area (Å²) in [6.07, 6.45) is 0. The van der Waals surface area contributed by atoms with Gasteiger partial charge in [-0.3, -0.25) is 0 Å². The highest BCUT2D eigenvalue weighted by molar-refractivity contribution is 7.21. The molecule has 0 atom stereocenters. The van der Waals surface area contributed by atoms with Gasteiger partial charge in [0.1, 0.15) is 11.6 Å². The number of fused-ring (bicyclic) bond motifs is 2. The van der Waals surface area contributed by atoms with Crippen molar-refractivity contribution >= 4 is 27.4 Å². The van der Waals surface area contributed by atoms with Crippen LogP contribution in [0.15, 0.2) is 48.5 Å². The average Bonchev–Trinajstić information content (AvgIpc) is 3.02. The summed E-state index contributed by atoms with van der Waals surface area (Å²) in [7, 11) is 0. The standard InChI is InChI=1S/C21H18N4O2S/c1-13-6-7-19(24-23-13)25-8-9-27-20-15(12-25)10-14(11-17(20)26)21-22-16-4-2-3-5-18(16)28-21/h2-7,10-11,26H,8-9,12H2,1H3. The van der Waals surface area contributed by atoms with E-state index in [9.17, 15) is 5.11 Å². The third-order valence-corrected chi connectivity index (χ3v) is 5.85. The molecule has 0 saturated carbocycles. The third kappa shape index (κ3) is 3.03. The molecule has 2 aromatic carbocycles. The van der Waals surface area contributed by atoms with Gasteiger partial charge in [0.15, 0.2) is 17.3 Å². The van der Waals surface area contributed by atoms with E-state index in [0.29, 0.717) is 25.4 Å². The van der Waals surface area contributed by atoms with Gasteiger partial charge in [-0.1, -0.05) is 12.1 Å². The van der Waals surface area contributed by atoms with E-state index in [1.165, 1.54) is 0 Å². The van der Waals surface area contributed by atoms with E-state index in [2.05, 4.69) is 21.2 Å². The summed E-state index contributed by atoms with van der Waals surface area (Å²) in [5.74, 6) is 1.47. The Morgan fingerprint density at radius 3 is 2.82 bits per heavy atom. The van der Waals surface area contributed by atoms with E-state index in [-0.39, 0.29) is 5.75 Å². The number of aromatic nitrogens is 3. The lowest BCUT2D eigenvalue weighted by atomic mass is 10.1. The van der Waals surface area contributed by atoms with Gasteiger partial charge in [0.2, 0.25) is 0 Å². The molecule has 7 heteroatoms. The fourth-order valence-corrected chi connectivity index (χ4v) is 4.33. The van der Waals surface area contributed by atoms with Gasteiger partial charge < -0.3 is 14.7 Å². The molecule has 0 amide bonds. The van der Waals surface area contributed by atoms with Gasteiger partial charge in [-0.2, -0.15) is 5.10 Å². The lowest BCUT2D eigenvalue weighted by Gasteiger charge is -2.20. The largest absolute Gasteiger partial charge is 0.504 e. The summed E-state index contributed by atoms with van der Waals surface area (Å²) in [6, 6.07) is 15.7. The number of nitrogens with zero attached hydrogens (tertiary/aromatic N) is 4. The number of phenolic OH excluding ortho intramolecular Hbond substituents is 1. The number of ether oxygens (including phenoxy) is 1. The summed E-state index contributed by atoms with van der Waals surface area (Å²) in [5, 5.41) is 19.9. The van der Waals surface area contributed by atoms with Crippen LogP contribution in [0.2, 0.25) is 0 Å². The molecule has 4 aromatic rings. The molecule has 0 bridgehead atoms. The van der Waals surface area contributed by atoms with Crippen molar-refractivity contribution in [1.82, 2.24) is 15.2 Å². The quantitative estimate of drug-likeness (QED) is 0.554. The minimum absolute atomic E-state index is 0.142. The molecule has 140 valence electrons. The molecule has 0 spiro atoms. The number of anilines is 1. The zero-order valence-corrected chi connectivity index (χ0v) is 16.1. The van der Waals surface area contributed by atoms with Crippen molar-refractivity contribution in [3.05, 3.63) is 59.8 Å². The van der Waals surface area contributed by atoms with Crippen LogP contribution >= 0.6 is 11.3 Å². The Bertz CT molecular complexity index is 1120. The van der Waals surface area contributed by atoms with Crippen LogP contribution in [0.5, 0.6) is 11.5 Å². The molecule has 0 saturated heterocycles. The summed E-state index contributed by atoms with van der Waals surface area (Å²) in [5.41, 5.74) is 3.64. The number of aryl methyl sites for hydroxylation is 1. The Hall–Kier alpha value is -3.19. The number of para-hydroxylation sites is 1. The maximum absolute atomic E-state index is 10.6. The van der Waals surface area contributed by atoms with Crippen LogP contribution in [-0.2, 0) is 6.54 Å². The number of benzene rings is 2. The van der Waals surface area contributed by atoms with Crippen LogP contribution in [0.3, 0.4) is 0 Å². The number of thiazole rings is 1. The highest BCUT2D eigenvalue weighted by Gasteiger charge is 2.21. The molecule has 1 aliphatic rings. The molecule has 1 N–H and O–H groups in total. The molecule has 28 heavy (non-hydrogen) atoms. The molecule has 0 radical (unpaired) electrons. The average molecular weight is 390 g/mol. The normalized spacial score (nSPS) is 13.8. The lowest BCUT2D eigenvalue weighted by Crippen LogP contribution is -2.26. The number of phenols is 1. The SMILES string of the molecule is Cc1ccc(N2CCOc3c(O)cc(-c4nc5ccccc5s4)cc3C2)nn1. The van der Waals surface area contributed by atoms with Gasteiger partial charge >= 0.3 is 0 Å². The first-order valence-electron chi connectivity index (χ1n) is 9.07. The van der Waals surface area contributed by atoms with Crippen LogP contribution in [0.25, 0.3) is 20.8 Å². The monoisotopic (exact) mass is 390 g/mol. The van der Waals surface area contributed by atoms with Gasteiger partial charge in [-0.25, -0.2) is 4.98 Å². The van der Waals surface area contributed by atoms with Gasteiger partial charge in [0, 0.05) is 17.7 Å². The van der Waals surface area contributed by atoms with Gasteiger partial charge in [0.25, 0.3) is 0 Å². The van der Waals surface area contributed by atoms with Crippen molar-refractivity contribution in [3.8, 4) is 22.1 Å². The van der Waals surface area contributed by atoms with E-state index < -0.39 is 0 Å². The fourth-order valence-electron chi connectivity index (χ4n) is 3.37. The molecule has 3 heterocycles. The van der Waals surface area contributed by atoms with Crippen molar-refractivity contribution < 1.29 is 9.84 Å². The van der Waals surface area contributed by atoms with E-state index in [1.54, 1.807) is 17.4 Å². The fraction of sp³-hybridized carbons (Fsp3) is 0.190. The zero-order valence-electron chi connectivity index (χ0n) is 15.3. The van der Waals surface area contributed by atoms with Gasteiger partial charge in [0.05, 0.1) is 22.5 Å². The molecule has 6 nitrogen and oxygen atoms in total. The molecular weight excluding hydrogens is 372 g/mol.